The Morgan fingerprint density at radius 3 is 2.80 bits per heavy atom. The maximum Gasteiger partial charge on any atom is 0.132 e. The molecule has 1 aliphatic heterocycles. The zero-order valence-corrected chi connectivity index (χ0v) is 14.5. The van der Waals surface area contributed by atoms with Gasteiger partial charge in [0.05, 0.1) is 41.8 Å². The smallest absolute Gasteiger partial charge is 0.132 e. The summed E-state index contributed by atoms with van der Waals surface area (Å²) in [4.78, 5) is 20.5. The molecule has 0 aliphatic carbocycles. The van der Waals surface area contributed by atoms with E-state index in [-0.39, 0.29) is 0 Å². The van der Waals surface area contributed by atoms with E-state index in [0.29, 0.717) is 12.5 Å². The van der Waals surface area contributed by atoms with Crippen LogP contribution in [0.3, 0.4) is 0 Å². The molecule has 128 valence electrons. The van der Waals surface area contributed by atoms with Crippen molar-refractivity contribution in [2.24, 2.45) is 0 Å². The standard InChI is InChI=1S/C19H21N5O/c1-13-21-18(14-7-8-25-12-14)9-19(22-13)24(2)11-15-10-20-16-5-3-4-6-17(16)23-15/h3-6,9-10,14H,7-8,11-12H2,1-2H3/t14-/m0/s1. The van der Waals surface area contributed by atoms with Gasteiger partial charge in [0.1, 0.15) is 11.6 Å². The molecule has 0 unspecified atom stereocenters. The fraction of sp³-hybridized carbons (Fsp3) is 0.368. The Balaban J connectivity index is 1.58. The number of nitrogens with zero attached hydrogens (tertiary/aromatic N) is 5. The molecule has 0 radical (unpaired) electrons. The lowest BCUT2D eigenvalue weighted by Gasteiger charge is -2.20. The van der Waals surface area contributed by atoms with Gasteiger partial charge in [0.2, 0.25) is 0 Å². The first kappa shape index (κ1) is 15.9. The maximum absolute atomic E-state index is 5.50. The van der Waals surface area contributed by atoms with Crippen LogP contribution in [-0.4, -0.2) is 40.2 Å². The van der Waals surface area contributed by atoms with Crippen LogP contribution in [0.4, 0.5) is 5.82 Å². The van der Waals surface area contributed by atoms with E-state index in [1.165, 1.54) is 0 Å². The van der Waals surface area contributed by atoms with Crippen molar-refractivity contribution in [1.82, 2.24) is 19.9 Å². The lowest BCUT2D eigenvalue weighted by atomic mass is 10.0. The van der Waals surface area contributed by atoms with Gasteiger partial charge in [0, 0.05) is 25.6 Å². The van der Waals surface area contributed by atoms with E-state index < -0.39 is 0 Å². The summed E-state index contributed by atoms with van der Waals surface area (Å²) in [6.07, 6.45) is 2.86. The Kier molecular flexibility index (Phi) is 4.28. The summed E-state index contributed by atoms with van der Waals surface area (Å²) in [5.74, 6) is 2.06. The minimum atomic E-state index is 0.370. The van der Waals surface area contributed by atoms with Crippen molar-refractivity contribution in [3.05, 3.63) is 53.7 Å². The van der Waals surface area contributed by atoms with Crippen LogP contribution in [0, 0.1) is 6.92 Å². The third-order valence-corrected chi connectivity index (χ3v) is 4.48. The lowest BCUT2D eigenvalue weighted by molar-refractivity contribution is 0.193. The van der Waals surface area contributed by atoms with Crippen molar-refractivity contribution < 1.29 is 4.74 Å². The zero-order chi connectivity index (χ0) is 17.2. The number of ether oxygens (including phenoxy) is 1. The summed E-state index contributed by atoms with van der Waals surface area (Å²) in [5.41, 5.74) is 3.81. The second kappa shape index (κ2) is 6.72. The molecule has 0 spiro atoms. The van der Waals surface area contributed by atoms with Gasteiger partial charge in [-0.05, 0) is 25.5 Å². The van der Waals surface area contributed by atoms with Gasteiger partial charge in [-0.25, -0.2) is 15.0 Å². The van der Waals surface area contributed by atoms with Crippen LogP contribution >= 0.6 is 0 Å². The largest absolute Gasteiger partial charge is 0.381 e. The SMILES string of the molecule is Cc1nc([C@H]2CCOC2)cc(N(C)Cc2cnc3ccccc3n2)n1. The average Bonchev–Trinajstić information content (AvgIpc) is 3.16. The zero-order valence-electron chi connectivity index (χ0n) is 14.5. The van der Waals surface area contributed by atoms with Crippen molar-refractivity contribution in [2.45, 2.75) is 25.8 Å². The monoisotopic (exact) mass is 335 g/mol. The van der Waals surface area contributed by atoms with Crippen molar-refractivity contribution in [3.63, 3.8) is 0 Å². The van der Waals surface area contributed by atoms with Crippen molar-refractivity contribution in [1.29, 1.82) is 0 Å². The van der Waals surface area contributed by atoms with Gasteiger partial charge in [-0.1, -0.05) is 12.1 Å². The number of aryl methyl sites for hydroxylation is 1. The highest BCUT2D eigenvalue weighted by molar-refractivity contribution is 5.73. The van der Waals surface area contributed by atoms with Crippen LogP contribution in [0.2, 0.25) is 0 Å². The second-order valence-corrected chi connectivity index (χ2v) is 6.46. The van der Waals surface area contributed by atoms with Gasteiger partial charge >= 0.3 is 0 Å². The van der Waals surface area contributed by atoms with Crippen LogP contribution in [-0.2, 0) is 11.3 Å². The minimum absolute atomic E-state index is 0.370. The third-order valence-electron chi connectivity index (χ3n) is 4.48. The number of hydrogen-bond acceptors (Lipinski definition) is 6. The van der Waals surface area contributed by atoms with Gasteiger partial charge in [0.15, 0.2) is 0 Å². The van der Waals surface area contributed by atoms with Crippen LogP contribution in [0.5, 0.6) is 0 Å². The predicted octanol–water partition coefficient (Wildman–Crippen LogP) is 2.87. The fourth-order valence-electron chi connectivity index (χ4n) is 3.14. The highest BCUT2D eigenvalue weighted by Gasteiger charge is 2.21. The molecule has 0 N–H and O–H groups in total. The van der Waals surface area contributed by atoms with E-state index in [9.17, 15) is 0 Å². The topological polar surface area (TPSA) is 64.0 Å². The third kappa shape index (κ3) is 3.44. The van der Waals surface area contributed by atoms with Crippen LogP contribution < -0.4 is 4.90 Å². The molecule has 4 rings (SSSR count). The normalized spacial score (nSPS) is 17.1. The Hall–Kier alpha value is -2.60. The second-order valence-electron chi connectivity index (χ2n) is 6.46. The number of fused-ring (bicyclic) bond motifs is 1. The first-order valence-electron chi connectivity index (χ1n) is 8.54. The molecule has 25 heavy (non-hydrogen) atoms. The summed E-state index contributed by atoms with van der Waals surface area (Å²) in [6, 6.07) is 9.98. The van der Waals surface area contributed by atoms with Crippen LogP contribution in [0.1, 0.15) is 29.6 Å². The molecule has 3 heterocycles. The highest BCUT2D eigenvalue weighted by atomic mass is 16.5. The van der Waals surface area contributed by atoms with Gasteiger partial charge in [0.25, 0.3) is 0 Å². The molecule has 1 aromatic carbocycles. The molecular formula is C19H21N5O. The summed E-state index contributed by atoms with van der Waals surface area (Å²) in [5, 5.41) is 0. The average molecular weight is 335 g/mol. The predicted molar refractivity (Wildman–Crippen MR) is 96.6 cm³/mol. The highest BCUT2D eigenvalue weighted by Crippen LogP contribution is 2.26. The van der Waals surface area contributed by atoms with E-state index in [4.69, 9.17) is 9.72 Å². The Morgan fingerprint density at radius 2 is 2.00 bits per heavy atom. The van der Waals surface area contributed by atoms with Crippen LogP contribution in [0.25, 0.3) is 11.0 Å². The number of benzene rings is 1. The Bertz CT molecular complexity index is 892. The Labute approximate surface area is 146 Å². The molecule has 1 fully saturated rings. The summed E-state index contributed by atoms with van der Waals surface area (Å²) in [7, 11) is 2.02. The van der Waals surface area contributed by atoms with E-state index in [1.807, 2.05) is 44.4 Å². The maximum atomic E-state index is 5.50. The first-order valence-corrected chi connectivity index (χ1v) is 8.54. The summed E-state index contributed by atoms with van der Waals surface area (Å²) in [6.45, 7) is 4.14. The van der Waals surface area contributed by atoms with Crippen LogP contribution in [0.15, 0.2) is 36.5 Å². The molecule has 1 saturated heterocycles. The van der Waals surface area contributed by atoms with Gasteiger partial charge in [-0.2, -0.15) is 0 Å². The summed E-state index contributed by atoms with van der Waals surface area (Å²) >= 11 is 0. The molecule has 2 aromatic heterocycles. The molecule has 6 nitrogen and oxygen atoms in total. The van der Waals surface area contributed by atoms with Gasteiger partial charge in [-0.15, -0.1) is 0 Å². The van der Waals surface area contributed by atoms with Gasteiger partial charge in [-0.3, -0.25) is 4.98 Å². The molecule has 0 saturated carbocycles. The lowest BCUT2D eigenvalue weighted by Crippen LogP contribution is -2.20. The van der Waals surface area contributed by atoms with E-state index in [1.54, 1.807) is 0 Å². The summed E-state index contributed by atoms with van der Waals surface area (Å²) < 4.78 is 5.50. The molecule has 0 bridgehead atoms. The molecule has 1 aliphatic rings. The molecule has 1 atom stereocenters. The number of aromatic nitrogens is 4. The van der Waals surface area contributed by atoms with Crippen molar-refractivity contribution >= 4 is 16.9 Å². The number of rotatable bonds is 4. The quantitative estimate of drug-likeness (QED) is 0.730. The fourth-order valence-corrected chi connectivity index (χ4v) is 3.14. The van der Waals surface area contributed by atoms with Gasteiger partial charge < -0.3 is 9.64 Å². The van der Waals surface area contributed by atoms with E-state index in [0.717, 1.165) is 53.7 Å². The van der Waals surface area contributed by atoms with E-state index >= 15 is 0 Å². The minimum Gasteiger partial charge on any atom is -0.381 e. The molecular weight excluding hydrogens is 314 g/mol. The molecule has 6 heteroatoms. The van der Waals surface area contributed by atoms with Crippen molar-refractivity contribution in [2.75, 3.05) is 25.2 Å². The number of anilines is 1. The first-order chi connectivity index (χ1) is 12.2. The Morgan fingerprint density at radius 1 is 1.16 bits per heavy atom. The molecule has 3 aromatic rings. The van der Waals surface area contributed by atoms with E-state index in [2.05, 4.69) is 25.9 Å². The number of para-hydroxylation sites is 2. The van der Waals surface area contributed by atoms with Crippen molar-refractivity contribution in [3.8, 4) is 0 Å². The molecule has 0 amide bonds. The number of hydrogen-bond donors (Lipinski definition) is 0.